The maximum Gasteiger partial charge on any atom is 0.241 e. The molecule has 7 heteroatoms. The van der Waals surface area contributed by atoms with Crippen molar-refractivity contribution in [1.29, 1.82) is 0 Å². The minimum absolute atomic E-state index is 0.336. The molecule has 0 unspecified atom stereocenters. The van der Waals surface area contributed by atoms with Crippen molar-refractivity contribution in [1.82, 2.24) is 25.0 Å². The SMILES string of the molecule is CC(C)c1nccc(N2CCN(Cc3nc(-c4ccccc4)no3)CC2)n1. The van der Waals surface area contributed by atoms with Crippen molar-refractivity contribution in [2.75, 3.05) is 31.1 Å². The molecule has 0 bridgehead atoms. The fourth-order valence-corrected chi connectivity index (χ4v) is 3.17. The third kappa shape index (κ3) is 4.14. The second-order valence-corrected chi connectivity index (χ2v) is 7.07. The van der Waals surface area contributed by atoms with Gasteiger partial charge >= 0.3 is 0 Å². The molecule has 1 aliphatic heterocycles. The summed E-state index contributed by atoms with van der Waals surface area (Å²) in [6.45, 7) is 8.63. The largest absolute Gasteiger partial charge is 0.354 e. The molecule has 3 aromatic rings. The highest BCUT2D eigenvalue weighted by atomic mass is 16.5. The van der Waals surface area contributed by atoms with E-state index < -0.39 is 0 Å². The normalized spacial score (nSPS) is 15.4. The average Bonchev–Trinajstić information content (AvgIpc) is 3.18. The van der Waals surface area contributed by atoms with Crippen LogP contribution in [-0.2, 0) is 6.54 Å². The zero-order valence-corrected chi connectivity index (χ0v) is 15.7. The average molecular weight is 364 g/mol. The van der Waals surface area contributed by atoms with Crippen LogP contribution in [0.15, 0.2) is 47.1 Å². The van der Waals surface area contributed by atoms with Gasteiger partial charge in [0.15, 0.2) is 0 Å². The summed E-state index contributed by atoms with van der Waals surface area (Å²) in [5.74, 6) is 3.55. The maximum absolute atomic E-state index is 5.44. The first kappa shape index (κ1) is 17.6. The van der Waals surface area contributed by atoms with E-state index in [9.17, 15) is 0 Å². The molecule has 0 N–H and O–H groups in total. The van der Waals surface area contributed by atoms with Crippen LogP contribution in [0.3, 0.4) is 0 Å². The van der Waals surface area contributed by atoms with Gasteiger partial charge in [0.1, 0.15) is 11.6 Å². The summed E-state index contributed by atoms with van der Waals surface area (Å²) >= 11 is 0. The van der Waals surface area contributed by atoms with Crippen LogP contribution in [0.1, 0.15) is 31.5 Å². The second kappa shape index (κ2) is 7.84. The lowest BCUT2D eigenvalue weighted by atomic mass is 10.2. The Morgan fingerprint density at radius 3 is 2.52 bits per heavy atom. The number of hydrogen-bond acceptors (Lipinski definition) is 7. The van der Waals surface area contributed by atoms with Crippen LogP contribution in [0.4, 0.5) is 5.82 Å². The van der Waals surface area contributed by atoms with E-state index in [4.69, 9.17) is 9.51 Å². The summed E-state index contributed by atoms with van der Waals surface area (Å²) in [7, 11) is 0. The van der Waals surface area contributed by atoms with Crippen molar-refractivity contribution in [2.45, 2.75) is 26.3 Å². The molecule has 7 nitrogen and oxygen atoms in total. The van der Waals surface area contributed by atoms with Gasteiger partial charge in [0.25, 0.3) is 0 Å². The standard InChI is InChI=1S/C20H24N6O/c1-15(2)19-21-9-8-17(22-19)26-12-10-25(11-13-26)14-18-23-20(24-27-18)16-6-4-3-5-7-16/h3-9,15H,10-14H2,1-2H3. The van der Waals surface area contributed by atoms with E-state index >= 15 is 0 Å². The van der Waals surface area contributed by atoms with Crippen LogP contribution < -0.4 is 4.90 Å². The van der Waals surface area contributed by atoms with Gasteiger partial charge in [0, 0.05) is 43.9 Å². The van der Waals surface area contributed by atoms with Crippen molar-refractivity contribution >= 4 is 5.82 Å². The lowest BCUT2D eigenvalue weighted by molar-refractivity contribution is 0.215. The van der Waals surface area contributed by atoms with Crippen LogP contribution in [0, 0.1) is 0 Å². The third-order valence-corrected chi connectivity index (χ3v) is 4.73. The van der Waals surface area contributed by atoms with Gasteiger partial charge in [0.2, 0.25) is 11.7 Å². The Kier molecular flexibility index (Phi) is 5.11. The number of rotatable bonds is 5. The molecule has 1 aliphatic rings. The highest BCUT2D eigenvalue weighted by Gasteiger charge is 2.21. The first-order valence-corrected chi connectivity index (χ1v) is 9.37. The van der Waals surface area contributed by atoms with Gasteiger partial charge in [-0.15, -0.1) is 0 Å². The minimum atomic E-state index is 0.336. The molecule has 0 aliphatic carbocycles. The first-order valence-electron chi connectivity index (χ1n) is 9.37. The molecular formula is C20H24N6O. The quantitative estimate of drug-likeness (QED) is 0.689. The van der Waals surface area contributed by atoms with E-state index in [-0.39, 0.29) is 0 Å². The number of anilines is 1. The van der Waals surface area contributed by atoms with Gasteiger partial charge in [-0.3, -0.25) is 4.90 Å². The van der Waals surface area contributed by atoms with Gasteiger partial charge < -0.3 is 9.42 Å². The summed E-state index contributed by atoms with van der Waals surface area (Å²) in [6.07, 6.45) is 1.85. The molecular weight excluding hydrogens is 340 g/mol. The lowest BCUT2D eigenvalue weighted by Crippen LogP contribution is -2.46. The molecule has 0 amide bonds. The van der Waals surface area contributed by atoms with Crippen molar-refractivity contribution in [3.8, 4) is 11.4 Å². The lowest BCUT2D eigenvalue weighted by Gasteiger charge is -2.34. The molecule has 3 heterocycles. The Balaban J connectivity index is 1.35. The van der Waals surface area contributed by atoms with Gasteiger partial charge in [0.05, 0.1) is 6.54 Å². The summed E-state index contributed by atoms with van der Waals surface area (Å²) in [5, 5.41) is 4.10. The van der Waals surface area contributed by atoms with Crippen molar-refractivity contribution in [2.24, 2.45) is 0 Å². The molecule has 27 heavy (non-hydrogen) atoms. The maximum atomic E-state index is 5.44. The predicted octanol–water partition coefficient (Wildman–Crippen LogP) is 2.97. The molecule has 4 rings (SSSR count). The molecule has 0 radical (unpaired) electrons. The zero-order chi connectivity index (χ0) is 18.6. The minimum Gasteiger partial charge on any atom is -0.354 e. The number of piperazine rings is 1. The van der Waals surface area contributed by atoms with Crippen LogP contribution in [-0.4, -0.2) is 51.2 Å². The molecule has 0 saturated carbocycles. The van der Waals surface area contributed by atoms with Crippen molar-refractivity contribution in [3.63, 3.8) is 0 Å². The summed E-state index contributed by atoms with van der Waals surface area (Å²) in [6, 6.07) is 11.9. The third-order valence-electron chi connectivity index (χ3n) is 4.73. The summed E-state index contributed by atoms with van der Waals surface area (Å²) < 4.78 is 5.44. The van der Waals surface area contributed by atoms with Crippen LogP contribution in [0.2, 0.25) is 0 Å². The van der Waals surface area contributed by atoms with Gasteiger partial charge in [-0.05, 0) is 6.07 Å². The number of hydrogen-bond donors (Lipinski definition) is 0. The summed E-state index contributed by atoms with van der Waals surface area (Å²) in [4.78, 5) is 18.2. The second-order valence-electron chi connectivity index (χ2n) is 7.07. The Hall–Kier alpha value is -2.80. The Bertz CT molecular complexity index is 871. The Labute approximate surface area is 159 Å². The molecule has 140 valence electrons. The molecule has 1 saturated heterocycles. The van der Waals surface area contributed by atoms with Gasteiger partial charge in [-0.25, -0.2) is 9.97 Å². The van der Waals surface area contributed by atoms with Crippen LogP contribution in [0.5, 0.6) is 0 Å². The van der Waals surface area contributed by atoms with E-state index in [2.05, 4.69) is 38.8 Å². The number of aromatic nitrogens is 4. The molecule has 0 spiro atoms. The topological polar surface area (TPSA) is 71.2 Å². The van der Waals surface area contributed by atoms with Gasteiger partial charge in [-0.1, -0.05) is 49.3 Å². The number of nitrogens with zero attached hydrogens (tertiary/aromatic N) is 6. The van der Waals surface area contributed by atoms with E-state index in [1.165, 1.54) is 0 Å². The van der Waals surface area contributed by atoms with Gasteiger partial charge in [-0.2, -0.15) is 4.98 Å². The van der Waals surface area contributed by atoms with Crippen LogP contribution >= 0.6 is 0 Å². The van der Waals surface area contributed by atoms with Crippen molar-refractivity contribution < 1.29 is 4.52 Å². The predicted molar refractivity (Wildman–Crippen MR) is 103 cm³/mol. The van der Waals surface area contributed by atoms with E-state index in [0.29, 0.717) is 24.2 Å². The van der Waals surface area contributed by atoms with E-state index in [1.807, 2.05) is 42.6 Å². The fraction of sp³-hybridized carbons (Fsp3) is 0.400. The highest BCUT2D eigenvalue weighted by molar-refractivity contribution is 5.53. The molecule has 0 atom stereocenters. The molecule has 2 aromatic heterocycles. The van der Waals surface area contributed by atoms with E-state index in [1.54, 1.807) is 0 Å². The number of benzene rings is 1. The first-order chi connectivity index (χ1) is 13.2. The van der Waals surface area contributed by atoms with Crippen molar-refractivity contribution in [3.05, 3.63) is 54.3 Å². The molecule has 1 fully saturated rings. The van der Waals surface area contributed by atoms with Crippen LogP contribution in [0.25, 0.3) is 11.4 Å². The smallest absolute Gasteiger partial charge is 0.241 e. The van der Waals surface area contributed by atoms with E-state index in [0.717, 1.165) is 43.4 Å². The fourth-order valence-electron chi connectivity index (χ4n) is 3.17. The zero-order valence-electron chi connectivity index (χ0n) is 15.7. The molecule has 1 aromatic carbocycles. The summed E-state index contributed by atoms with van der Waals surface area (Å²) in [5.41, 5.74) is 0.974. The highest BCUT2D eigenvalue weighted by Crippen LogP contribution is 2.19. The monoisotopic (exact) mass is 364 g/mol. The Morgan fingerprint density at radius 1 is 1.00 bits per heavy atom. The Morgan fingerprint density at radius 2 is 1.78 bits per heavy atom.